The van der Waals surface area contributed by atoms with Gasteiger partial charge in [0.2, 0.25) is 0 Å². The van der Waals surface area contributed by atoms with Gasteiger partial charge in [-0.25, -0.2) is 4.39 Å². The minimum absolute atomic E-state index is 0.152. The summed E-state index contributed by atoms with van der Waals surface area (Å²) in [7, 11) is 1.88. The summed E-state index contributed by atoms with van der Waals surface area (Å²) in [5.74, 6) is 0.529. The highest BCUT2D eigenvalue weighted by molar-refractivity contribution is 6.30. The van der Waals surface area contributed by atoms with Gasteiger partial charge in [0.05, 0.1) is 0 Å². The highest BCUT2D eigenvalue weighted by Crippen LogP contribution is 2.17. The summed E-state index contributed by atoms with van der Waals surface area (Å²) >= 11 is 5.91. The smallest absolute Gasteiger partial charge is 0.123 e. The molecule has 0 fully saturated rings. The van der Waals surface area contributed by atoms with Crippen molar-refractivity contribution in [1.82, 2.24) is 5.32 Å². The van der Waals surface area contributed by atoms with E-state index in [1.165, 1.54) is 12.1 Å². The summed E-state index contributed by atoms with van der Waals surface area (Å²) in [4.78, 5) is 0. The fraction of sp³-hybridized carbons (Fsp3) is 0.250. The van der Waals surface area contributed by atoms with Crippen LogP contribution in [0.2, 0.25) is 5.02 Å². The van der Waals surface area contributed by atoms with Crippen molar-refractivity contribution in [2.75, 3.05) is 13.7 Å². The van der Waals surface area contributed by atoms with Crippen molar-refractivity contribution in [3.05, 3.63) is 64.9 Å². The molecule has 2 aromatic carbocycles. The van der Waals surface area contributed by atoms with Gasteiger partial charge in [-0.2, -0.15) is 0 Å². The van der Waals surface area contributed by atoms with Crippen LogP contribution in [-0.4, -0.2) is 19.7 Å². The maximum Gasteiger partial charge on any atom is 0.123 e. The zero-order valence-electron chi connectivity index (χ0n) is 11.3. The van der Waals surface area contributed by atoms with Crippen molar-refractivity contribution in [2.45, 2.75) is 12.5 Å². The van der Waals surface area contributed by atoms with Gasteiger partial charge in [0.1, 0.15) is 18.2 Å². The van der Waals surface area contributed by atoms with Gasteiger partial charge in [0.25, 0.3) is 0 Å². The average Bonchev–Trinajstić information content (AvgIpc) is 2.45. The zero-order chi connectivity index (χ0) is 14.4. The first kappa shape index (κ1) is 14.8. The van der Waals surface area contributed by atoms with E-state index in [-0.39, 0.29) is 11.9 Å². The van der Waals surface area contributed by atoms with E-state index in [4.69, 9.17) is 16.3 Å². The molecule has 0 saturated heterocycles. The first-order valence-corrected chi connectivity index (χ1v) is 6.85. The number of benzene rings is 2. The zero-order valence-corrected chi connectivity index (χ0v) is 12.0. The standard InChI is InChI=1S/C16H17ClFNO/c1-19-15(9-12-5-7-14(18)8-6-12)11-20-16-4-2-3-13(17)10-16/h2-8,10,15,19H,9,11H2,1H3. The van der Waals surface area contributed by atoms with Crippen molar-refractivity contribution in [2.24, 2.45) is 0 Å². The number of hydrogen-bond donors (Lipinski definition) is 1. The maximum atomic E-state index is 12.9. The summed E-state index contributed by atoms with van der Waals surface area (Å²) in [6.45, 7) is 0.522. The average molecular weight is 294 g/mol. The lowest BCUT2D eigenvalue weighted by molar-refractivity contribution is 0.270. The highest BCUT2D eigenvalue weighted by atomic mass is 35.5. The molecule has 106 valence electrons. The first-order chi connectivity index (χ1) is 9.67. The molecule has 0 bridgehead atoms. The summed E-state index contributed by atoms with van der Waals surface area (Å²) in [6.07, 6.45) is 0.775. The number of nitrogens with one attached hydrogen (secondary N) is 1. The number of halogens is 2. The van der Waals surface area contributed by atoms with Crippen LogP contribution < -0.4 is 10.1 Å². The molecule has 1 N–H and O–H groups in total. The molecule has 0 radical (unpaired) electrons. The minimum Gasteiger partial charge on any atom is -0.492 e. The lowest BCUT2D eigenvalue weighted by atomic mass is 10.1. The van der Waals surface area contributed by atoms with Crippen molar-refractivity contribution in [3.8, 4) is 5.75 Å². The molecule has 0 heterocycles. The molecule has 1 unspecified atom stereocenters. The number of ether oxygens (including phenoxy) is 1. The summed E-state index contributed by atoms with van der Waals surface area (Å²) in [5, 5.41) is 3.85. The van der Waals surface area contributed by atoms with Crippen molar-refractivity contribution >= 4 is 11.6 Å². The van der Waals surface area contributed by atoms with Crippen LogP contribution in [0.25, 0.3) is 0 Å². The normalized spacial score (nSPS) is 12.2. The summed E-state index contributed by atoms with van der Waals surface area (Å²) < 4.78 is 18.6. The molecule has 0 aliphatic carbocycles. The van der Waals surface area contributed by atoms with E-state index in [1.54, 1.807) is 18.2 Å². The molecule has 4 heteroatoms. The number of rotatable bonds is 6. The third kappa shape index (κ3) is 4.51. The van der Waals surface area contributed by atoms with Crippen LogP contribution >= 0.6 is 11.6 Å². The van der Waals surface area contributed by atoms with Crippen molar-refractivity contribution < 1.29 is 9.13 Å². The van der Waals surface area contributed by atoms with Crippen molar-refractivity contribution in [3.63, 3.8) is 0 Å². The van der Waals surface area contributed by atoms with Crippen LogP contribution in [0.1, 0.15) is 5.56 Å². The maximum absolute atomic E-state index is 12.9. The van der Waals surface area contributed by atoms with Gasteiger partial charge in [0.15, 0.2) is 0 Å². The van der Waals surface area contributed by atoms with Gasteiger partial charge in [-0.15, -0.1) is 0 Å². The molecule has 0 saturated carbocycles. The Labute approximate surface area is 123 Å². The summed E-state index contributed by atoms with van der Waals surface area (Å²) in [6, 6.07) is 14.0. The van der Waals surface area contributed by atoms with E-state index in [0.29, 0.717) is 11.6 Å². The molecule has 0 spiro atoms. The molecular formula is C16H17ClFNO. The Morgan fingerprint density at radius 3 is 2.60 bits per heavy atom. The molecule has 0 aromatic heterocycles. The lowest BCUT2D eigenvalue weighted by Gasteiger charge is -2.17. The fourth-order valence-corrected chi connectivity index (χ4v) is 2.08. The van der Waals surface area contributed by atoms with E-state index in [1.807, 2.05) is 25.2 Å². The molecule has 0 aliphatic heterocycles. The van der Waals surface area contributed by atoms with Gasteiger partial charge >= 0.3 is 0 Å². The van der Waals surface area contributed by atoms with Crippen LogP contribution in [0.5, 0.6) is 5.75 Å². The van der Waals surface area contributed by atoms with Crippen LogP contribution in [0.3, 0.4) is 0 Å². The SMILES string of the molecule is CNC(COc1cccc(Cl)c1)Cc1ccc(F)cc1. The quantitative estimate of drug-likeness (QED) is 0.877. The van der Waals surface area contributed by atoms with Gasteiger partial charge in [-0.1, -0.05) is 29.8 Å². The van der Waals surface area contributed by atoms with Gasteiger partial charge in [-0.3, -0.25) is 0 Å². The Bertz CT molecular complexity index is 544. The summed E-state index contributed by atoms with van der Waals surface area (Å²) in [5.41, 5.74) is 1.07. The van der Waals surface area contributed by atoms with Crippen LogP contribution in [0, 0.1) is 5.82 Å². The van der Waals surface area contributed by atoms with Crippen LogP contribution in [0.4, 0.5) is 4.39 Å². The number of hydrogen-bond acceptors (Lipinski definition) is 2. The predicted octanol–water partition coefficient (Wildman–Crippen LogP) is 3.69. The number of likely N-dealkylation sites (N-methyl/N-ethyl adjacent to an activating group) is 1. The van der Waals surface area contributed by atoms with E-state index in [0.717, 1.165) is 17.7 Å². The van der Waals surface area contributed by atoms with Gasteiger partial charge in [0, 0.05) is 11.1 Å². The minimum atomic E-state index is -0.218. The Balaban J connectivity index is 1.90. The molecule has 20 heavy (non-hydrogen) atoms. The van der Waals surface area contributed by atoms with Crippen molar-refractivity contribution in [1.29, 1.82) is 0 Å². The Morgan fingerprint density at radius 2 is 1.95 bits per heavy atom. The Hall–Kier alpha value is -1.58. The monoisotopic (exact) mass is 293 g/mol. The van der Waals surface area contributed by atoms with E-state index in [2.05, 4.69) is 5.32 Å². The second kappa shape index (κ2) is 7.27. The van der Waals surface area contributed by atoms with E-state index in [9.17, 15) is 4.39 Å². The van der Waals surface area contributed by atoms with E-state index >= 15 is 0 Å². The topological polar surface area (TPSA) is 21.3 Å². The Morgan fingerprint density at radius 1 is 1.20 bits per heavy atom. The molecule has 0 aliphatic rings. The molecule has 0 amide bonds. The van der Waals surface area contributed by atoms with Gasteiger partial charge in [-0.05, 0) is 49.4 Å². The second-order valence-corrected chi connectivity index (χ2v) is 5.02. The van der Waals surface area contributed by atoms with Crippen LogP contribution in [0.15, 0.2) is 48.5 Å². The lowest BCUT2D eigenvalue weighted by Crippen LogP contribution is -2.33. The fourth-order valence-electron chi connectivity index (χ4n) is 1.90. The predicted molar refractivity (Wildman–Crippen MR) is 79.9 cm³/mol. The molecular weight excluding hydrogens is 277 g/mol. The van der Waals surface area contributed by atoms with Gasteiger partial charge < -0.3 is 10.1 Å². The molecule has 2 aromatic rings. The third-order valence-electron chi connectivity index (χ3n) is 3.05. The van der Waals surface area contributed by atoms with Crippen LogP contribution in [-0.2, 0) is 6.42 Å². The third-order valence-corrected chi connectivity index (χ3v) is 3.29. The second-order valence-electron chi connectivity index (χ2n) is 4.58. The molecule has 2 nitrogen and oxygen atoms in total. The first-order valence-electron chi connectivity index (χ1n) is 6.47. The van der Waals surface area contributed by atoms with E-state index < -0.39 is 0 Å². The molecule has 1 atom stereocenters. The Kier molecular flexibility index (Phi) is 5.39. The largest absolute Gasteiger partial charge is 0.492 e. The highest BCUT2D eigenvalue weighted by Gasteiger charge is 2.08. The molecule has 2 rings (SSSR count).